The molecule has 138 valence electrons. The van der Waals surface area contributed by atoms with E-state index < -0.39 is 17.2 Å². The van der Waals surface area contributed by atoms with Crippen LogP contribution in [0.1, 0.15) is 40.2 Å². The first-order valence-corrected chi connectivity index (χ1v) is 8.44. The van der Waals surface area contributed by atoms with Gasteiger partial charge in [-0.05, 0) is 52.8 Å². The number of hydrogen-bond donors (Lipinski definition) is 2. The molecule has 0 bridgehead atoms. The molecule has 7 heteroatoms. The number of rotatable bonds is 2. The minimum Gasteiger partial charge on any atom is -0.493 e. The van der Waals surface area contributed by atoms with Crippen LogP contribution in [0.4, 0.5) is 4.79 Å². The van der Waals surface area contributed by atoms with Gasteiger partial charge in [-0.1, -0.05) is 18.2 Å². The first-order chi connectivity index (χ1) is 12.1. The average Bonchev–Trinajstić information content (AvgIpc) is 3.07. The van der Waals surface area contributed by atoms with Crippen molar-refractivity contribution in [2.24, 2.45) is 0 Å². The van der Waals surface area contributed by atoms with E-state index in [1.165, 1.54) is 9.69 Å². The standard InChI is InChI=1S/C19H24N4O3/c1-13-11-19(5,23(21-13)17(25)26-18(2,3)4)15-12-20-22(16(15)24)14-9-7-6-8-10-14/h6-12,21,24H,1-5H3. The molecule has 2 N–H and O–H groups in total. The fraction of sp³-hybridized carbons (Fsp3) is 0.368. The van der Waals surface area contributed by atoms with Crippen molar-refractivity contribution in [3.8, 4) is 11.6 Å². The molecule has 0 saturated carbocycles. The predicted molar refractivity (Wildman–Crippen MR) is 97.5 cm³/mol. The molecule has 3 rings (SSSR count). The van der Waals surface area contributed by atoms with Crippen molar-refractivity contribution in [2.45, 2.75) is 45.8 Å². The number of aromatic hydroxyl groups is 1. The lowest BCUT2D eigenvalue weighted by Gasteiger charge is -2.34. The highest BCUT2D eigenvalue weighted by Crippen LogP contribution is 2.40. The van der Waals surface area contributed by atoms with Crippen LogP contribution in [0.25, 0.3) is 5.69 Å². The number of hydrazine groups is 1. The summed E-state index contributed by atoms with van der Waals surface area (Å²) in [7, 11) is 0. The first kappa shape index (κ1) is 17.8. The molecule has 2 heterocycles. The van der Waals surface area contributed by atoms with Crippen LogP contribution in [0.3, 0.4) is 0 Å². The fourth-order valence-electron chi connectivity index (χ4n) is 3.01. The average molecular weight is 356 g/mol. The Morgan fingerprint density at radius 3 is 2.54 bits per heavy atom. The van der Waals surface area contributed by atoms with Gasteiger partial charge in [0.15, 0.2) is 0 Å². The third-order valence-corrected chi connectivity index (χ3v) is 4.12. The third kappa shape index (κ3) is 3.12. The van der Waals surface area contributed by atoms with Crippen LogP contribution in [-0.4, -0.2) is 31.6 Å². The minimum absolute atomic E-state index is 0.0278. The number of allylic oxidation sites excluding steroid dienone is 1. The van der Waals surface area contributed by atoms with Crippen molar-refractivity contribution in [3.05, 3.63) is 53.9 Å². The smallest absolute Gasteiger partial charge is 0.430 e. The molecule has 7 nitrogen and oxygen atoms in total. The van der Waals surface area contributed by atoms with E-state index in [4.69, 9.17) is 4.74 Å². The lowest BCUT2D eigenvalue weighted by Crippen LogP contribution is -2.50. The van der Waals surface area contributed by atoms with E-state index in [1.807, 2.05) is 71.0 Å². The van der Waals surface area contributed by atoms with Crippen LogP contribution in [-0.2, 0) is 10.3 Å². The Balaban J connectivity index is 2.01. The Labute approximate surface area is 152 Å². The third-order valence-electron chi connectivity index (χ3n) is 4.12. The number of benzene rings is 1. The highest BCUT2D eigenvalue weighted by atomic mass is 16.6. The van der Waals surface area contributed by atoms with Crippen LogP contribution in [0.15, 0.2) is 48.3 Å². The number of hydrogen-bond acceptors (Lipinski definition) is 5. The Morgan fingerprint density at radius 1 is 1.27 bits per heavy atom. The number of nitrogens with zero attached hydrogens (tertiary/aromatic N) is 3. The number of carbonyl (C=O) groups is 1. The molecule has 1 aliphatic heterocycles. The zero-order valence-electron chi connectivity index (χ0n) is 15.6. The lowest BCUT2D eigenvalue weighted by molar-refractivity contribution is -0.0000881. The quantitative estimate of drug-likeness (QED) is 0.861. The van der Waals surface area contributed by atoms with Gasteiger partial charge in [-0.15, -0.1) is 0 Å². The molecular formula is C19H24N4O3. The molecule has 26 heavy (non-hydrogen) atoms. The maximum Gasteiger partial charge on any atom is 0.430 e. The molecular weight excluding hydrogens is 332 g/mol. The first-order valence-electron chi connectivity index (χ1n) is 8.44. The van der Waals surface area contributed by atoms with E-state index in [0.717, 1.165) is 11.4 Å². The number of carbonyl (C=O) groups excluding carboxylic acids is 1. The van der Waals surface area contributed by atoms with E-state index in [-0.39, 0.29) is 5.88 Å². The predicted octanol–water partition coefficient (Wildman–Crippen LogP) is 3.45. The Kier molecular flexibility index (Phi) is 4.18. The zero-order chi connectivity index (χ0) is 19.1. The summed E-state index contributed by atoms with van der Waals surface area (Å²) in [4.78, 5) is 12.7. The van der Waals surface area contributed by atoms with Gasteiger partial charge >= 0.3 is 6.09 Å². The molecule has 1 unspecified atom stereocenters. The van der Waals surface area contributed by atoms with Gasteiger partial charge in [-0.3, -0.25) is 5.43 Å². The number of para-hydroxylation sites is 1. The molecule has 0 spiro atoms. The van der Waals surface area contributed by atoms with Crippen molar-refractivity contribution in [2.75, 3.05) is 0 Å². The molecule has 0 fully saturated rings. The van der Waals surface area contributed by atoms with E-state index in [9.17, 15) is 9.90 Å². The van der Waals surface area contributed by atoms with Gasteiger partial charge in [0.05, 0.1) is 17.4 Å². The largest absolute Gasteiger partial charge is 0.493 e. The molecule has 1 amide bonds. The molecule has 2 aromatic rings. The van der Waals surface area contributed by atoms with Crippen molar-refractivity contribution in [1.82, 2.24) is 20.2 Å². The summed E-state index contributed by atoms with van der Waals surface area (Å²) < 4.78 is 6.94. The molecule has 0 radical (unpaired) electrons. The number of aromatic nitrogens is 2. The summed E-state index contributed by atoms with van der Waals surface area (Å²) in [6, 6.07) is 9.32. The van der Waals surface area contributed by atoms with Crippen LogP contribution in [0.5, 0.6) is 5.88 Å². The summed E-state index contributed by atoms with van der Waals surface area (Å²) in [5.74, 6) is -0.0278. The molecule has 1 atom stereocenters. The van der Waals surface area contributed by atoms with E-state index >= 15 is 0 Å². The van der Waals surface area contributed by atoms with E-state index in [2.05, 4.69) is 10.5 Å². The molecule has 0 aliphatic carbocycles. The van der Waals surface area contributed by atoms with Crippen LogP contribution >= 0.6 is 0 Å². The summed E-state index contributed by atoms with van der Waals surface area (Å²) in [6.07, 6.45) is 2.90. The van der Waals surface area contributed by atoms with Crippen LogP contribution in [0.2, 0.25) is 0 Å². The van der Waals surface area contributed by atoms with Crippen LogP contribution in [0, 0.1) is 0 Å². The van der Waals surface area contributed by atoms with Gasteiger partial charge in [0.2, 0.25) is 5.88 Å². The van der Waals surface area contributed by atoms with Gasteiger partial charge in [-0.2, -0.15) is 5.10 Å². The topological polar surface area (TPSA) is 79.6 Å². The van der Waals surface area contributed by atoms with E-state index in [0.29, 0.717) is 5.56 Å². The van der Waals surface area contributed by atoms with Gasteiger partial charge in [0, 0.05) is 5.70 Å². The van der Waals surface area contributed by atoms with Gasteiger partial charge < -0.3 is 9.84 Å². The normalized spacial score (nSPS) is 19.9. The van der Waals surface area contributed by atoms with E-state index in [1.54, 1.807) is 6.20 Å². The summed E-state index contributed by atoms with van der Waals surface area (Å²) in [5, 5.41) is 16.5. The number of nitrogens with one attached hydrogen (secondary N) is 1. The number of amides is 1. The Bertz CT molecular complexity index is 851. The SMILES string of the molecule is CC1=CC(C)(c2cnn(-c3ccccc3)c2O)N(C(=O)OC(C)(C)C)N1. The lowest BCUT2D eigenvalue weighted by atomic mass is 9.94. The highest BCUT2D eigenvalue weighted by molar-refractivity contribution is 5.71. The Morgan fingerprint density at radius 2 is 1.92 bits per heavy atom. The second-order valence-corrected chi connectivity index (χ2v) is 7.53. The number of ether oxygens (including phenoxy) is 1. The van der Waals surface area contributed by atoms with Gasteiger partial charge in [0.25, 0.3) is 0 Å². The summed E-state index contributed by atoms with van der Waals surface area (Å²) in [5.41, 5.74) is 3.45. The maximum absolute atomic E-state index is 12.7. The second-order valence-electron chi connectivity index (χ2n) is 7.53. The van der Waals surface area contributed by atoms with Crippen molar-refractivity contribution < 1.29 is 14.6 Å². The van der Waals surface area contributed by atoms with Crippen molar-refractivity contribution in [1.29, 1.82) is 0 Å². The molecule has 1 aromatic carbocycles. The maximum atomic E-state index is 12.7. The molecule has 1 aliphatic rings. The van der Waals surface area contributed by atoms with Gasteiger partial charge in [-0.25, -0.2) is 14.5 Å². The second kappa shape index (κ2) is 6.09. The minimum atomic E-state index is -0.941. The molecule has 1 aromatic heterocycles. The summed E-state index contributed by atoms with van der Waals surface area (Å²) in [6.45, 7) is 9.10. The zero-order valence-corrected chi connectivity index (χ0v) is 15.6. The monoisotopic (exact) mass is 356 g/mol. The Hall–Kier alpha value is -2.96. The highest BCUT2D eigenvalue weighted by Gasteiger charge is 2.45. The van der Waals surface area contributed by atoms with Crippen LogP contribution < -0.4 is 5.43 Å². The van der Waals surface area contributed by atoms with Gasteiger partial charge in [0.1, 0.15) is 11.1 Å². The molecule has 0 saturated heterocycles. The fourth-order valence-corrected chi connectivity index (χ4v) is 3.01. The van der Waals surface area contributed by atoms with Crippen molar-refractivity contribution in [3.63, 3.8) is 0 Å². The van der Waals surface area contributed by atoms with Crippen molar-refractivity contribution >= 4 is 6.09 Å². The summed E-state index contributed by atoms with van der Waals surface area (Å²) >= 11 is 0.